The van der Waals surface area contributed by atoms with Gasteiger partial charge in [-0.25, -0.2) is 4.39 Å². The van der Waals surface area contributed by atoms with Gasteiger partial charge in [-0.3, -0.25) is 9.36 Å². The zero-order valence-corrected chi connectivity index (χ0v) is 14.1. The number of benzene rings is 1. The Morgan fingerprint density at radius 1 is 1.36 bits per heavy atom. The van der Waals surface area contributed by atoms with Crippen LogP contribution >= 0.6 is 11.3 Å². The Morgan fingerprint density at radius 2 is 2.08 bits per heavy atom. The number of rotatable bonds is 3. The Balaban J connectivity index is 2.17. The largest absolute Gasteiger partial charge is 0.376 e. The van der Waals surface area contributed by atoms with E-state index in [1.165, 1.54) is 16.7 Å². The van der Waals surface area contributed by atoms with Crippen LogP contribution in [0.2, 0.25) is 0 Å². The van der Waals surface area contributed by atoms with Crippen LogP contribution < -0.4 is 14.8 Å². The van der Waals surface area contributed by atoms with Crippen molar-refractivity contribution in [1.29, 1.82) is 10.5 Å². The monoisotopic (exact) mass is 355 g/mol. The molecule has 126 valence electrons. The van der Waals surface area contributed by atoms with E-state index in [1.54, 1.807) is 18.2 Å². The first-order valence-electron chi connectivity index (χ1n) is 7.75. The molecular weight excluding hydrogens is 341 g/mol. The van der Waals surface area contributed by atoms with E-state index in [2.05, 4.69) is 0 Å². The number of hydrogen-bond donors (Lipinski definition) is 0. The summed E-state index contributed by atoms with van der Waals surface area (Å²) in [6, 6.07) is 9.45. The van der Waals surface area contributed by atoms with E-state index in [0.29, 0.717) is 27.9 Å². The lowest BCUT2D eigenvalue weighted by Crippen LogP contribution is -2.35. The average molecular weight is 355 g/mol. The van der Waals surface area contributed by atoms with E-state index in [0.717, 1.165) is 24.2 Å². The zero-order chi connectivity index (χ0) is 17.8. The third-order valence-corrected chi connectivity index (χ3v) is 5.05. The molecule has 0 aliphatic carbocycles. The second kappa shape index (κ2) is 7.43. The van der Waals surface area contributed by atoms with Gasteiger partial charge in [-0.15, -0.1) is 11.3 Å². The zero-order valence-electron chi connectivity index (χ0n) is 13.2. The first-order valence-corrected chi connectivity index (χ1v) is 8.57. The van der Waals surface area contributed by atoms with Crippen molar-refractivity contribution in [2.24, 2.45) is 0 Å². The van der Waals surface area contributed by atoms with Crippen LogP contribution in [0.4, 0.5) is 4.39 Å². The van der Waals surface area contributed by atoms with Crippen LogP contribution in [0.1, 0.15) is 18.4 Å². The van der Waals surface area contributed by atoms with Crippen molar-refractivity contribution in [1.82, 2.24) is 4.57 Å². The Labute approximate surface area is 147 Å². The maximum Gasteiger partial charge on any atom is 0.269 e. The lowest BCUT2D eigenvalue weighted by atomic mass is 10.2. The number of nitriles is 2. The fourth-order valence-electron chi connectivity index (χ4n) is 2.69. The summed E-state index contributed by atoms with van der Waals surface area (Å²) in [7, 11) is 0. The molecule has 1 fully saturated rings. The molecule has 5 nitrogen and oxygen atoms in total. The molecule has 1 atom stereocenters. The van der Waals surface area contributed by atoms with E-state index in [4.69, 9.17) is 4.74 Å². The highest BCUT2D eigenvalue weighted by Gasteiger charge is 2.19. The summed E-state index contributed by atoms with van der Waals surface area (Å²) >= 11 is 1.09. The minimum atomic E-state index is -0.357. The van der Waals surface area contributed by atoms with Gasteiger partial charge in [0, 0.05) is 6.61 Å². The Hall–Kier alpha value is -2.74. The molecule has 0 bridgehead atoms. The normalized spacial score (nSPS) is 17.2. The van der Waals surface area contributed by atoms with Crippen LogP contribution in [-0.2, 0) is 11.3 Å². The molecule has 0 radical (unpaired) electrons. The number of hydrogen-bond acceptors (Lipinski definition) is 5. The lowest BCUT2D eigenvalue weighted by molar-refractivity contribution is 0.0959. The van der Waals surface area contributed by atoms with Crippen molar-refractivity contribution in [3.63, 3.8) is 0 Å². The fourth-order valence-corrected chi connectivity index (χ4v) is 3.76. The van der Waals surface area contributed by atoms with E-state index in [1.807, 2.05) is 12.1 Å². The minimum Gasteiger partial charge on any atom is -0.376 e. The molecule has 25 heavy (non-hydrogen) atoms. The van der Waals surface area contributed by atoms with Crippen molar-refractivity contribution in [2.45, 2.75) is 25.5 Å². The van der Waals surface area contributed by atoms with Crippen LogP contribution in [0.15, 0.2) is 29.1 Å². The predicted molar refractivity (Wildman–Crippen MR) is 91.4 cm³/mol. The number of thiazole rings is 1. The minimum absolute atomic E-state index is 0.0941. The highest BCUT2D eigenvalue weighted by molar-refractivity contribution is 7.07. The molecule has 2 heterocycles. The van der Waals surface area contributed by atoms with Gasteiger partial charge < -0.3 is 4.74 Å². The van der Waals surface area contributed by atoms with Crippen LogP contribution in [-0.4, -0.2) is 17.3 Å². The van der Waals surface area contributed by atoms with Gasteiger partial charge in [-0.1, -0.05) is 12.1 Å². The van der Waals surface area contributed by atoms with Gasteiger partial charge >= 0.3 is 0 Å². The van der Waals surface area contributed by atoms with E-state index in [9.17, 15) is 19.7 Å². The van der Waals surface area contributed by atoms with Crippen molar-refractivity contribution in [2.75, 3.05) is 6.61 Å². The number of aromatic nitrogens is 1. The van der Waals surface area contributed by atoms with Crippen molar-refractivity contribution < 1.29 is 9.13 Å². The summed E-state index contributed by atoms with van der Waals surface area (Å²) in [6.45, 7) is 0.968. The maximum absolute atomic E-state index is 13.0. The molecule has 0 amide bonds. The predicted octanol–water partition coefficient (Wildman–Crippen LogP) is 1.25. The maximum atomic E-state index is 13.0. The Morgan fingerprint density at radius 3 is 2.68 bits per heavy atom. The van der Waals surface area contributed by atoms with E-state index >= 15 is 0 Å². The van der Waals surface area contributed by atoms with E-state index in [-0.39, 0.29) is 23.1 Å². The third kappa shape index (κ3) is 3.69. The third-order valence-electron chi connectivity index (χ3n) is 3.92. The van der Waals surface area contributed by atoms with Gasteiger partial charge in [0.15, 0.2) is 5.57 Å². The first kappa shape index (κ1) is 17.1. The Kier molecular flexibility index (Phi) is 5.08. The molecule has 0 saturated carbocycles. The first-order chi connectivity index (χ1) is 12.1. The molecule has 1 unspecified atom stereocenters. The topological polar surface area (TPSA) is 78.8 Å². The summed E-state index contributed by atoms with van der Waals surface area (Å²) in [6.07, 6.45) is 3.31. The van der Waals surface area contributed by atoms with Gasteiger partial charge in [0.05, 0.1) is 17.2 Å². The van der Waals surface area contributed by atoms with Crippen molar-refractivity contribution in [3.05, 3.63) is 55.2 Å². The highest BCUT2D eigenvalue weighted by atomic mass is 32.1. The summed E-state index contributed by atoms with van der Waals surface area (Å²) in [5.41, 5.74) is 0.299. The van der Waals surface area contributed by atoms with Gasteiger partial charge in [-0.05, 0) is 36.6 Å². The molecule has 1 saturated heterocycles. The van der Waals surface area contributed by atoms with Gasteiger partial charge in [0.25, 0.3) is 5.56 Å². The standard InChI is InChI=1S/C18H14FN3O2S/c19-14-5-3-12(4-6-14)8-16-17(23)22(11-15-2-1-7-24-15)18(25-16)13(9-20)10-21/h3-6,8,15H,1-2,7,11H2. The number of ether oxygens (including phenoxy) is 1. The summed E-state index contributed by atoms with van der Waals surface area (Å²) in [4.78, 5) is 12.8. The summed E-state index contributed by atoms with van der Waals surface area (Å²) in [5.74, 6) is -0.357. The second-order valence-corrected chi connectivity index (χ2v) is 6.65. The smallest absolute Gasteiger partial charge is 0.269 e. The van der Waals surface area contributed by atoms with Gasteiger partial charge in [0.2, 0.25) is 0 Å². The van der Waals surface area contributed by atoms with Crippen LogP contribution in [0.3, 0.4) is 0 Å². The summed E-state index contributed by atoms with van der Waals surface area (Å²) in [5, 5.41) is 18.4. The van der Waals surface area contributed by atoms with Crippen molar-refractivity contribution in [3.8, 4) is 12.1 Å². The highest BCUT2D eigenvalue weighted by Crippen LogP contribution is 2.12. The molecule has 0 spiro atoms. The molecule has 1 aliphatic rings. The SMILES string of the molecule is N#CC(C#N)=c1sc(=Cc2ccc(F)cc2)c(=O)n1CC1CCCO1. The van der Waals surface area contributed by atoms with Crippen LogP contribution in [0.25, 0.3) is 11.6 Å². The molecule has 1 aliphatic heterocycles. The molecule has 1 aromatic heterocycles. The molecule has 3 rings (SSSR count). The van der Waals surface area contributed by atoms with Gasteiger partial charge in [-0.2, -0.15) is 10.5 Å². The lowest BCUT2D eigenvalue weighted by Gasteiger charge is -2.09. The second-order valence-electron chi connectivity index (χ2n) is 5.62. The number of halogens is 1. The molecule has 7 heteroatoms. The van der Waals surface area contributed by atoms with Crippen LogP contribution in [0, 0.1) is 28.5 Å². The molecular formula is C18H14FN3O2S. The van der Waals surface area contributed by atoms with Crippen LogP contribution in [0.5, 0.6) is 0 Å². The Bertz CT molecular complexity index is 1020. The molecule has 0 N–H and O–H groups in total. The van der Waals surface area contributed by atoms with E-state index < -0.39 is 0 Å². The fraction of sp³-hybridized carbons (Fsp3) is 0.278. The van der Waals surface area contributed by atoms with Gasteiger partial charge in [0.1, 0.15) is 22.6 Å². The average Bonchev–Trinajstić information content (AvgIpc) is 3.23. The quantitative estimate of drug-likeness (QED) is 0.830. The molecule has 2 aromatic rings. The summed E-state index contributed by atoms with van der Waals surface area (Å²) < 4.78 is 20.8. The number of nitrogens with zero attached hydrogens (tertiary/aromatic N) is 3. The molecule has 1 aromatic carbocycles. The van der Waals surface area contributed by atoms with Crippen molar-refractivity contribution >= 4 is 23.0 Å².